The summed E-state index contributed by atoms with van der Waals surface area (Å²) < 4.78 is 29.0. The van der Waals surface area contributed by atoms with Gasteiger partial charge >= 0.3 is 0 Å². The highest BCUT2D eigenvalue weighted by Crippen LogP contribution is 2.27. The van der Waals surface area contributed by atoms with Gasteiger partial charge in [0, 0.05) is 28.9 Å². The number of hydrogen-bond donors (Lipinski definition) is 2. The molecule has 0 heterocycles. The van der Waals surface area contributed by atoms with Crippen molar-refractivity contribution in [2.45, 2.75) is 46.7 Å². The minimum Gasteiger partial charge on any atom is -0.383 e. The molecule has 0 saturated heterocycles. The van der Waals surface area contributed by atoms with Crippen LogP contribution in [0.15, 0.2) is 42.0 Å². The van der Waals surface area contributed by atoms with Gasteiger partial charge in [0.05, 0.1) is 0 Å². The third kappa shape index (κ3) is 5.64. The summed E-state index contributed by atoms with van der Waals surface area (Å²) in [6.07, 6.45) is 1.24. The lowest BCUT2D eigenvalue weighted by Crippen LogP contribution is -2.30. The van der Waals surface area contributed by atoms with E-state index in [-0.39, 0.29) is 23.1 Å². The van der Waals surface area contributed by atoms with E-state index in [1.165, 1.54) is 25.1 Å². The minimum atomic E-state index is -0.703. The van der Waals surface area contributed by atoms with Crippen molar-refractivity contribution >= 4 is 17.7 Å². The third-order valence-corrected chi connectivity index (χ3v) is 3.89. The van der Waals surface area contributed by atoms with Crippen LogP contribution < -0.4 is 10.6 Å². The molecule has 2 N–H and O–H groups in total. The van der Waals surface area contributed by atoms with Crippen LogP contribution in [-0.4, -0.2) is 18.0 Å². The van der Waals surface area contributed by atoms with Gasteiger partial charge in [0.25, 0.3) is 0 Å². The molecule has 27 heavy (non-hydrogen) atoms. The van der Waals surface area contributed by atoms with Crippen LogP contribution >= 0.6 is 0 Å². The van der Waals surface area contributed by atoms with E-state index in [2.05, 4.69) is 10.6 Å². The maximum atomic E-state index is 14.5. The average Bonchev–Trinajstić information content (AvgIpc) is 2.57. The number of benzene rings is 2. The van der Waals surface area contributed by atoms with Gasteiger partial charge in [-0.25, -0.2) is 8.78 Å². The maximum absolute atomic E-state index is 14.5. The Labute approximate surface area is 159 Å². The van der Waals surface area contributed by atoms with Gasteiger partial charge in [-0.2, -0.15) is 0 Å². The lowest BCUT2D eigenvalue weighted by atomic mass is 10.0. The highest BCUT2D eigenvalue weighted by Gasteiger charge is 2.13. The van der Waals surface area contributed by atoms with Crippen molar-refractivity contribution in [1.29, 1.82) is 0 Å². The molecule has 2 aromatic rings. The molecule has 1 amide bonds. The van der Waals surface area contributed by atoms with Crippen molar-refractivity contribution in [3.05, 3.63) is 59.2 Å². The minimum absolute atomic E-state index is 0.0499. The third-order valence-electron chi connectivity index (χ3n) is 3.89. The smallest absolute Gasteiger partial charge is 0.247 e. The Balaban J connectivity index is 2.30. The van der Waals surface area contributed by atoms with E-state index in [0.717, 1.165) is 5.69 Å². The molecule has 2 aromatic carbocycles. The second-order valence-electron chi connectivity index (χ2n) is 7.19. The topological polar surface area (TPSA) is 41.1 Å². The van der Waals surface area contributed by atoms with Crippen LogP contribution in [-0.2, 0) is 4.79 Å². The Hall–Kier alpha value is -2.69. The highest BCUT2D eigenvalue weighted by atomic mass is 19.1. The zero-order valence-corrected chi connectivity index (χ0v) is 16.4. The van der Waals surface area contributed by atoms with E-state index in [1.807, 2.05) is 52.0 Å². The predicted molar refractivity (Wildman–Crippen MR) is 107 cm³/mol. The molecule has 0 bridgehead atoms. The summed E-state index contributed by atoms with van der Waals surface area (Å²) in [7, 11) is 0. The monoisotopic (exact) mass is 372 g/mol. The van der Waals surface area contributed by atoms with Gasteiger partial charge in [0.1, 0.15) is 11.6 Å². The van der Waals surface area contributed by atoms with Crippen molar-refractivity contribution < 1.29 is 13.6 Å². The van der Waals surface area contributed by atoms with Crippen LogP contribution in [0.25, 0.3) is 17.2 Å². The molecule has 0 fully saturated rings. The molecule has 3 nitrogen and oxygen atoms in total. The van der Waals surface area contributed by atoms with Crippen LogP contribution in [0.3, 0.4) is 0 Å². The first kappa shape index (κ1) is 20.6. The molecule has 0 radical (unpaired) electrons. The van der Waals surface area contributed by atoms with Crippen molar-refractivity contribution in [1.82, 2.24) is 5.32 Å². The largest absolute Gasteiger partial charge is 0.383 e. The fourth-order valence-electron chi connectivity index (χ4n) is 2.64. The predicted octanol–water partition coefficient (Wildman–Crippen LogP) is 5.38. The molecule has 0 aliphatic rings. The second kappa shape index (κ2) is 8.80. The molecule has 0 aliphatic carbocycles. The Morgan fingerprint density at radius 2 is 1.48 bits per heavy atom. The van der Waals surface area contributed by atoms with Crippen LogP contribution in [0.4, 0.5) is 14.5 Å². The summed E-state index contributed by atoms with van der Waals surface area (Å²) in [5, 5.41) is 5.97. The van der Waals surface area contributed by atoms with Gasteiger partial charge in [-0.3, -0.25) is 4.79 Å². The Kier molecular flexibility index (Phi) is 6.72. The van der Waals surface area contributed by atoms with Gasteiger partial charge in [0.2, 0.25) is 5.91 Å². The SMILES string of the molecule is CC(=Cc1c(F)cc(-c2ccc(NC(C)C)cc2)cc1F)C(=O)NC(C)C. The number of rotatable bonds is 6. The molecule has 0 aromatic heterocycles. The summed E-state index contributed by atoms with van der Waals surface area (Å²) in [6.45, 7) is 9.25. The van der Waals surface area contributed by atoms with Gasteiger partial charge in [-0.1, -0.05) is 12.1 Å². The van der Waals surface area contributed by atoms with E-state index in [1.54, 1.807) is 0 Å². The van der Waals surface area contributed by atoms with Crippen molar-refractivity contribution in [2.24, 2.45) is 0 Å². The van der Waals surface area contributed by atoms with Gasteiger partial charge in [-0.05, 0) is 76.1 Å². The van der Waals surface area contributed by atoms with Crippen molar-refractivity contribution in [3.63, 3.8) is 0 Å². The van der Waals surface area contributed by atoms with Gasteiger partial charge < -0.3 is 10.6 Å². The molecule has 144 valence electrons. The lowest BCUT2D eigenvalue weighted by Gasteiger charge is -2.11. The van der Waals surface area contributed by atoms with E-state index in [0.29, 0.717) is 17.2 Å². The average molecular weight is 372 g/mol. The number of carbonyl (C=O) groups is 1. The van der Waals surface area contributed by atoms with E-state index >= 15 is 0 Å². The number of hydrogen-bond acceptors (Lipinski definition) is 2. The normalized spacial score (nSPS) is 11.8. The molecule has 2 rings (SSSR count). The molecular weight excluding hydrogens is 346 g/mol. The number of amides is 1. The van der Waals surface area contributed by atoms with Crippen LogP contribution in [0.5, 0.6) is 0 Å². The fraction of sp³-hybridized carbons (Fsp3) is 0.318. The maximum Gasteiger partial charge on any atom is 0.247 e. The molecule has 0 atom stereocenters. The molecule has 5 heteroatoms. The Morgan fingerprint density at radius 3 is 1.96 bits per heavy atom. The number of anilines is 1. The summed E-state index contributed by atoms with van der Waals surface area (Å²) in [5.41, 5.74) is 2.14. The van der Waals surface area contributed by atoms with Crippen molar-refractivity contribution in [2.75, 3.05) is 5.32 Å². The first-order chi connectivity index (χ1) is 12.7. The number of halogens is 2. The number of carbonyl (C=O) groups excluding carboxylic acids is 1. The molecule has 0 spiro atoms. The molecule has 0 aliphatic heterocycles. The first-order valence-corrected chi connectivity index (χ1v) is 9.02. The zero-order valence-electron chi connectivity index (χ0n) is 16.4. The Morgan fingerprint density at radius 1 is 0.926 bits per heavy atom. The van der Waals surface area contributed by atoms with Crippen LogP contribution in [0.1, 0.15) is 40.2 Å². The Bertz CT molecular complexity index is 817. The quantitative estimate of drug-likeness (QED) is 0.669. The lowest BCUT2D eigenvalue weighted by molar-refractivity contribution is -0.117. The molecular formula is C22H26F2N2O. The summed E-state index contributed by atoms with van der Waals surface area (Å²) in [6, 6.07) is 10.2. The van der Waals surface area contributed by atoms with Gasteiger partial charge in [0.15, 0.2) is 0 Å². The zero-order chi connectivity index (χ0) is 20.1. The summed E-state index contributed by atoms with van der Waals surface area (Å²) in [4.78, 5) is 11.9. The fourth-order valence-corrected chi connectivity index (χ4v) is 2.64. The number of nitrogens with one attached hydrogen (secondary N) is 2. The summed E-state index contributed by atoms with van der Waals surface area (Å²) in [5.74, 6) is -1.75. The van der Waals surface area contributed by atoms with Crippen LogP contribution in [0.2, 0.25) is 0 Å². The molecule has 0 saturated carbocycles. The van der Waals surface area contributed by atoms with Gasteiger partial charge in [-0.15, -0.1) is 0 Å². The standard InChI is InChI=1S/C22H26F2N2O/c1-13(2)25-18-8-6-16(7-9-18)17-11-20(23)19(21(24)12-17)10-15(5)22(27)26-14(3)4/h6-14,25H,1-5H3,(H,26,27). The van der Waals surface area contributed by atoms with E-state index in [9.17, 15) is 13.6 Å². The summed E-state index contributed by atoms with van der Waals surface area (Å²) >= 11 is 0. The van der Waals surface area contributed by atoms with Crippen molar-refractivity contribution in [3.8, 4) is 11.1 Å². The van der Waals surface area contributed by atoms with Crippen LogP contribution in [0, 0.1) is 11.6 Å². The molecule has 0 unspecified atom stereocenters. The first-order valence-electron chi connectivity index (χ1n) is 9.02. The van der Waals surface area contributed by atoms with E-state index < -0.39 is 11.6 Å². The second-order valence-corrected chi connectivity index (χ2v) is 7.19. The highest BCUT2D eigenvalue weighted by molar-refractivity contribution is 5.97. The van der Waals surface area contributed by atoms with E-state index in [4.69, 9.17) is 0 Å².